The summed E-state index contributed by atoms with van der Waals surface area (Å²) in [5, 5.41) is 0.279. The first-order valence-corrected chi connectivity index (χ1v) is 4.26. The molecular formula is C6H6N4NaO2S. The van der Waals surface area contributed by atoms with Crippen LogP contribution in [0.5, 0.6) is 0 Å². The number of hydrogen-bond donors (Lipinski definition) is 2. The van der Waals surface area contributed by atoms with E-state index in [0.717, 1.165) is 11.3 Å². The molecule has 2 rings (SSSR count). The Hall–Kier alpha value is -0.630. The van der Waals surface area contributed by atoms with Crippen LogP contribution in [0.2, 0.25) is 0 Å². The van der Waals surface area contributed by atoms with E-state index in [9.17, 15) is 9.59 Å². The van der Waals surface area contributed by atoms with E-state index >= 15 is 0 Å². The minimum absolute atomic E-state index is 0. The number of nitrogen functional groups attached to an aromatic ring is 1. The van der Waals surface area contributed by atoms with Gasteiger partial charge in [-0.3, -0.25) is 14.3 Å². The maximum absolute atomic E-state index is 11.2. The minimum atomic E-state index is -0.484. The summed E-state index contributed by atoms with van der Waals surface area (Å²) >= 11 is 1.06. The van der Waals surface area contributed by atoms with Gasteiger partial charge in [0.15, 0.2) is 10.8 Å². The second-order valence-electron chi connectivity index (χ2n) is 2.52. The van der Waals surface area contributed by atoms with Gasteiger partial charge >= 0.3 is 5.69 Å². The third kappa shape index (κ3) is 1.63. The molecule has 0 fully saturated rings. The predicted octanol–water partition coefficient (Wildman–Crippen LogP) is -1.12. The van der Waals surface area contributed by atoms with E-state index in [4.69, 9.17) is 5.73 Å². The van der Waals surface area contributed by atoms with Gasteiger partial charge in [0, 0.05) is 36.6 Å². The van der Waals surface area contributed by atoms with E-state index in [2.05, 4.69) is 9.97 Å². The van der Waals surface area contributed by atoms with E-state index in [-0.39, 0.29) is 34.7 Å². The Bertz CT molecular complexity index is 584. The van der Waals surface area contributed by atoms with Crippen molar-refractivity contribution in [2.75, 3.05) is 5.73 Å². The number of nitrogens with two attached hydrogens (primary N) is 1. The van der Waals surface area contributed by atoms with Gasteiger partial charge in [0.25, 0.3) is 5.56 Å². The monoisotopic (exact) mass is 221 g/mol. The Kier molecular flexibility index (Phi) is 3.15. The number of nitrogens with zero attached hydrogens (tertiary/aromatic N) is 2. The summed E-state index contributed by atoms with van der Waals surface area (Å²) in [7, 11) is 1.53. The van der Waals surface area contributed by atoms with Crippen molar-refractivity contribution < 1.29 is 0 Å². The molecule has 0 aliphatic rings. The molecule has 0 spiro atoms. The molecule has 69 valence electrons. The van der Waals surface area contributed by atoms with Crippen molar-refractivity contribution in [3.8, 4) is 0 Å². The molecule has 2 heterocycles. The summed E-state index contributed by atoms with van der Waals surface area (Å²) in [6.45, 7) is 0. The molecule has 8 heteroatoms. The van der Waals surface area contributed by atoms with Crippen LogP contribution in [0.15, 0.2) is 9.59 Å². The van der Waals surface area contributed by atoms with Crippen LogP contribution < -0.4 is 17.0 Å². The number of aromatic amines is 1. The number of aromatic nitrogens is 3. The molecule has 0 amide bonds. The van der Waals surface area contributed by atoms with Gasteiger partial charge in [-0.25, -0.2) is 9.78 Å². The average molecular weight is 221 g/mol. The van der Waals surface area contributed by atoms with Crippen molar-refractivity contribution in [3.63, 3.8) is 0 Å². The number of H-pyrrole nitrogens is 1. The van der Waals surface area contributed by atoms with E-state index in [1.165, 1.54) is 11.6 Å². The molecule has 0 atom stereocenters. The van der Waals surface area contributed by atoms with Crippen molar-refractivity contribution in [2.45, 2.75) is 0 Å². The van der Waals surface area contributed by atoms with Crippen LogP contribution in [0.25, 0.3) is 10.3 Å². The third-order valence-electron chi connectivity index (χ3n) is 1.67. The Balaban J connectivity index is 0.000000980. The molecule has 14 heavy (non-hydrogen) atoms. The van der Waals surface area contributed by atoms with Crippen LogP contribution in [0.1, 0.15) is 0 Å². The Morgan fingerprint density at radius 3 is 2.79 bits per heavy atom. The number of aryl methyl sites for hydroxylation is 1. The summed E-state index contributed by atoms with van der Waals surface area (Å²) in [5.41, 5.74) is 4.83. The summed E-state index contributed by atoms with van der Waals surface area (Å²) in [6.07, 6.45) is 0. The number of thiazole rings is 1. The number of hydrogen-bond acceptors (Lipinski definition) is 5. The van der Waals surface area contributed by atoms with Crippen LogP contribution in [0.3, 0.4) is 0 Å². The molecule has 1 radical (unpaired) electrons. The van der Waals surface area contributed by atoms with Crippen molar-refractivity contribution in [1.29, 1.82) is 0 Å². The fourth-order valence-corrected chi connectivity index (χ4v) is 1.80. The topological polar surface area (TPSA) is 93.8 Å². The normalized spacial score (nSPS) is 10.1. The molecule has 2 aromatic heterocycles. The number of fused-ring (bicyclic) bond motifs is 1. The van der Waals surface area contributed by atoms with Gasteiger partial charge in [-0.05, 0) is 0 Å². The van der Waals surface area contributed by atoms with Gasteiger partial charge in [-0.1, -0.05) is 11.3 Å². The van der Waals surface area contributed by atoms with Gasteiger partial charge < -0.3 is 5.73 Å². The maximum Gasteiger partial charge on any atom is 0.329 e. The molecule has 0 saturated heterocycles. The number of rotatable bonds is 0. The summed E-state index contributed by atoms with van der Waals surface area (Å²) < 4.78 is 1.63. The zero-order chi connectivity index (χ0) is 9.59. The van der Waals surface area contributed by atoms with Gasteiger partial charge in [-0.2, -0.15) is 0 Å². The molecule has 0 saturated carbocycles. The molecule has 0 aliphatic carbocycles. The second kappa shape index (κ2) is 3.85. The quantitative estimate of drug-likeness (QED) is 0.551. The summed E-state index contributed by atoms with van der Waals surface area (Å²) in [6, 6.07) is 0. The smallest absolute Gasteiger partial charge is 0.329 e. The van der Waals surface area contributed by atoms with Crippen molar-refractivity contribution in [3.05, 3.63) is 20.8 Å². The first-order valence-electron chi connectivity index (χ1n) is 3.45. The molecule has 6 nitrogen and oxygen atoms in total. The minimum Gasteiger partial charge on any atom is -0.375 e. The fraction of sp³-hybridized carbons (Fsp3) is 0.167. The van der Waals surface area contributed by atoms with Crippen LogP contribution in [0.4, 0.5) is 5.13 Å². The van der Waals surface area contributed by atoms with E-state index in [1.54, 1.807) is 0 Å². The summed E-state index contributed by atoms with van der Waals surface area (Å²) in [4.78, 5) is 28.3. The van der Waals surface area contributed by atoms with Gasteiger partial charge in [0.1, 0.15) is 4.70 Å². The first kappa shape index (κ1) is 11.4. The summed E-state index contributed by atoms with van der Waals surface area (Å²) in [5.74, 6) is 0. The zero-order valence-electron chi connectivity index (χ0n) is 7.70. The van der Waals surface area contributed by atoms with E-state index in [1.807, 2.05) is 0 Å². The molecular weight excluding hydrogens is 215 g/mol. The molecule has 0 aliphatic heterocycles. The maximum atomic E-state index is 11.2. The average Bonchev–Trinajstić information content (AvgIpc) is 2.44. The van der Waals surface area contributed by atoms with Gasteiger partial charge in [0.2, 0.25) is 0 Å². The number of nitrogens with one attached hydrogen (secondary N) is 1. The SMILES string of the molecule is Cn1c(=O)[nH]c(=O)c2sc(N)nc21.[Na]. The zero-order valence-corrected chi connectivity index (χ0v) is 10.5. The van der Waals surface area contributed by atoms with Crippen LogP contribution >= 0.6 is 11.3 Å². The molecule has 0 unspecified atom stereocenters. The van der Waals surface area contributed by atoms with E-state index in [0.29, 0.717) is 10.3 Å². The Morgan fingerprint density at radius 1 is 1.50 bits per heavy atom. The van der Waals surface area contributed by atoms with Crippen LogP contribution in [-0.2, 0) is 7.05 Å². The van der Waals surface area contributed by atoms with Crippen LogP contribution in [0, 0.1) is 0 Å². The molecule has 0 bridgehead atoms. The molecule has 3 N–H and O–H groups in total. The largest absolute Gasteiger partial charge is 0.375 e. The number of anilines is 1. The van der Waals surface area contributed by atoms with Gasteiger partial charge in [0.05, 0.1) is 0 Å². The van der Waals surface area contributed by atoms with Crippen molar-refractivity contribution in [1.82, 2.24) is 14.5 Å². The first-order chi connectivity index (χ1) is 6.09. The molecule has 0 aromatic carbocycles. The van der Waals surface area contributed by atoms with Gasteiger partial charge in [-0.15, -0.1) is 0 Å². The Labute approximate surface area is 104 Å². The van der Waals surface area contributed by atoms with E-state index < -0.39 is 11.2 Å². The predicted molar refractivity (Wildman–Crippen MR) is 55.6 cm³/mol. The van der Waals surface area contributed by atoms with Crippen LogP contribution in [-0.4, -0.2) is 44.1 Å². The fourth-order valence-electron chi connectivity index (χ4n) is 1.04. The molecule has 2 aromatic rings. The van der Waals surface area contributed by atoms with Crippen molar-refractivity contribution in [2.24, 2.45) is 7.05 Å². The Morgan fingerprint density at radius 2 is 2.14 bits per heavy atom. The second-order valence-corrected chi connectivity index (χ2v) is 3.55. The standard InChI is InChI=1S/C6H6N4O2S.Na/c1-10-3-2(13-5(7)8-3)4(11)9-6(10)12;/h1H3,(H2,7,8)(H,9,11,12);. The van der Waals surface area contributed by atoms with Crippen molar-refractivity contribution >= 4 is 56.4 Å². The third-order valence-corrected chi connectivity index (χ3v) is 2.55.